The molecule has 0 amide bonds. The second kappa shape index (κ2) is 5.78. The maximum atomic E-state index is 5.92. The molecule has 18 heavy (non-hydrogen) atoms. The third kappa shape index (κ3) is 3.17. The van der Waals surface area contributed by atoms with Gasteiger partial charge in [-0.05, 0) is 24.6 Å². The van der Waals surface area contributed by atoms with Crippen molar-refractivity contribution in [3.63, 3.8) is 0 Å². The minimum absolute atomic E-state index is 0.159. The number of aliphatic imine (C=N–C) groups is 1. The molecule has 0 saturated heterocycles. The lowest BCUT2D eigenvalue weighted by atomic mass is 10.1. The van der Waals surface area contributed by atoms with Gasteiger partial charge in [0.05, 0.1) is 13.3 Å². The van der Waals surface area contributed by atoms with Crippen LogP contribution in [0.15, 0.2) is 41.3 Å². The van der Waals surface area contributed by atoms with Crippen LogP contribution in [0.1, 0.15) is 18.5 Å². The van der Waals surface area contributed by atoms with Gasteiger partial charge in [0.15, 0.2) is 0 Å². The van der Waals surface area contributed by atoms with Gasteiger partial charge in [0.1, 0.15) is 17.1 Å². The molecule has 2 atom stereocenters. The lowest BCUT2D eigenvalue weighted by Crippen LogP contribution is -2.35. The first-order valence-electron chi connectivity index (χ1n) is 5.73. The van der Waals surface area contributed by atoms with Crippen LogP contribution in [-0.4, -0.2) is 18.8 Å². The van der Waals surface area contributed by atoms with E-state index in [-0.39, 0.29) is 11.5 Å². The van der Waals surface area contributed by atoms with Gasteiger partial charge < -0.3 is 15.4 Å². The molecule has 0 aromatic heterocycles. The minimum Gasteiger partial charge on any atom is -0.497 e. The Morgan fingerprint density at radius 3 is 2.72 bits per heavy atom. The molecule has 1 aliphatic rings. The second-order valence-electron chi connectivity index (χ2n) is 4.03. The highest BCUT2D eigenvalue weighted by Gasteiger charge is 2.11. The summed E-state index contributed by atoms with van der Waals surface area (Å²) in [6.07, 6.45) is 3.36. The van der Waals surface area contributed by atoms with Gasteiger partial charge in [-0.3, -0.25) is 4.99 Å². The largest absolute Gasteiger partial charge is 0.497 e. The van der Waals surface area contributed by atoms with Crippen LogP contribution >= 0.6 is 11.6 Å². The smallest absolute Gasteiger partial charge is 0.138 e. The molecule has 0 aliphatic carbocycles. The number of benzene rings is 1. The van der Waals surface area contributed by atoms with E-state index in [1.54, 1.807) is 19.5 Å². The van der Waals surface area contributed by atoms with Crippen LogP contribution < -0.4 is 15.4 Å². The van der Waals surface area contributed by atoms with Crippen LogP contribution in [0, 0.1) is 0 Å². The maximum absolute atomic E-state index is 5.92. The molecule has 1 aromatic carbocycles. The third-order valence-electron chi connectivity index (χ3n) is 2.70. The molecule has 2 rings (SSSR count). The summed E-state index contributed by atoms with van der Waals surface area (Å²) in [5.74, 6) is 1.67. The standard InChI is InChI=1S/C13H16ClN3O/c1-9(10-3-5-11(18-2)6-4-10)16-13-8-15-7-12(14)17-13/h3-9,12,16-17H,1-2H3/t9-,12?/m0/s1. The summed E-state index contributed by atoms with van der Waals surface area (Å²) >= 11 is 5.92. The van der Waals surface area contributed by atoms with Gasteiger partial charge in [0.25, 0.3) is 0 Å². The Labute approximate surface area is 112 Å². The molecule has 5 heteroatoms. The number of hydrogen-bond donors (Lipinski definition) is 2. The lowest BCUT2D eigenvalue weighted by molar-refractivity contribution is 0.414. The van der Waals surface area contributed by atoms with Crippen molar-refractivity contribution in [1.82, 2.24) is 10.6 Å². The zero-order valence-corrected chi connectivity index (χ0v) is 11.1. The van der Waals surface area contributed by atoms with Crippen molar-refractivity contribution in [1.29, 1.82) is 0 Å². The van der Waals surface area contributed by atoms with E-state index >= 15 is 0 Å². The van der Waals surface area contributed by atoms with Crippen molar-refractivity contribution >= 4 is 17.8 Å². The normalized spacial score (nSPS) is 19.7. The first-order valence-corrected chi connectivity index (χ1v) is 6.17. The fourth-order valence-corrected chi connectivity index (χ4v) is 1.89. The highest BCUT2D eigenvalue weighted by atomic mass is 35.5. The summed E-state index contributed by atoms with van der Waals surface area (Å²) in [6.45, 7) is 2.08. The van der Waals surface area contributed by atoms with Crippen molar-refractivity contribution in [3.8, 4) is 5.75 Å². The monoisotopic (exact) mass is 265 g/mol. The van der Waals surface area contributed by atoms with E-state index in [2.05, 4.69) is 22.5 Å². The summed E-state index contributed by atoms with van der Waals surface area (Å²) in [5, 5.41) is 6.39. The zero-order valence-electron chi connectivity index (χ0n) is 10.4. The number of halogens is 1. The van der Waals surface area contributed by atoms with Gasteiger partial charge in [-0.15, -0.1) is 0 Å². The Morgan fingerprint density at radius 2 is 2.11 bits per heavy atom. The van der Waals surface area contributed by atoms with Crippen molar-refractivity contribution in [3.05, 3.63) is 41.8 Å². The SMILES string of the molecule is COc1ccc([C@H](C)NC2=CN=CC(Cl)N2)cc1. The lowest BCUT2D eigenvalue weighted by Gasteiger charge is -2.22. The topological polar surface area (TPSA) is 45.6 Å². The fraction of sp³-hybridized carbons (Fsp3) is 0.308. The minimum atomic E-state index is -0.263. The first kappa shape index (κ1) is 12.8. The van der Waals surface area contributed by atoms with Crippen LogP contribution in [-0.2, 0) is 0 Å². The molecule has 0 saturated carbocycles. The number of hydrogen-bond acceptors (Lipinski definition) is 4. The highest BCUT2D eigenvalue weighted by molar-refractivity contribution is 6.28. The maximum Gasteiger partial charge on any atom is 0.138 e. The zero-order chi connectivity index (χ0) is 13.0. The molecule has 0 spiro atoms. The Kier molecular flexibility index (Phi) is 4.10. The predicted octanol–water partition coefficient (Wildman–Crippen LogP) is 2.38. The predicted molar refractivity (Wildman–Crippen MR) is 73.9 cm³/mol. The highest BCUT2D eigenvalue weighted by Crippen LogP contribution is 2.18. The number of nitrogens with zero attached hydrogens (tertiary/aromatic N) is 1. The number of alkyl halides is 1. The molecule has 1 heterocycles. The Balaban J connectivity index is 2.00. The molecule has 1 unspecified atom stereocenters. The summed E-state index contributed by atoms with van der Waals surface area (Å²) in [5.41, 5.74) is 0.903. The van der Waals surface area contributed by atoms with E-state index in [1.165, 1.54) is 5.56 Å². The summed E-state index contributed by atoms with van der Waals surface area (Å²) in [6, 6.07) is 8.10. The van der Waals surface area contributed by atoms with Crippen molar-refractivity contribution < 1.29 is 4.74 Å². The van der Waals surface area contributed by atoms with Crippen molar-refractivity contribution in [2.75, 3.05) is 7.11 Å². The third-order valence-corrected chi connectivity index (χ3v) is 2.92. The van der Waals surface area contributed by atoms with E-state index in [1.807, 2.05) is 24.3 Å². The van der Waals surface area contributed by atoms with E-state index in [0.717, 1.165) is 11.6 Å². The molecular weight excluding hydrogens is 250 g/mol. The van der Waals surface area contributed by atoms with Crippen LogP contribution in [0.4, 0.5) is 0 Å². The summed E-state index contributed by atoms with van der Waals surface area (Å²) in [4.78, 5) is 4.05. The van der Waals surface area contributed by atoms with E-state index in [4.69, 9.17) is 16.3 Å². The fourth-order valence-electron chi connectivity index (χ4n) is 1.70. The van der Waals surface area contributed by atoms with Crippen LogP contribution in [0.5, 0.6) is 5.75 Å². The second-order valence-corrected chi connectivity index (χ2v) is 4.50. The Bertz CT molecular complexity index is 456. The molecule has 4 nitrogen and oxygen atoms in total. The molecule has 0 bridgehead atoms. The average Bonchev–Trinajstić information content (AvgIpc) is 2.39. The molecule has 1 aromatic rings. The van der Waals surface area contributed by atoms with Gasteiger partial charge in [-0.25, -0.2) is 0 Å². The molecule has 96 valence electrons. The van der Waals surface area contributed by atoms with Gasteiger partial charge in [0.2, 0.25) is 0 Å². The molecule has 2 N–H and O–H groups in total. The van der Waals surface area contributed by atoms with Crippen molar-refractivity contribution in [2.45, 2.75) is 18.5 Å². The number of nitrogens with one attached hydrogen (secondary N) is 2. The molecular formula is C13H16ClN3O. The van der Waals surface area contributed by atoms with Crippen LogP contribution in [0.2, 0.25) is 0 Å². The number of methoxy groups -OCH3 is 1. The van der Waals surface area contributed by atoms with E-state index < -0.39 is 0 Å². The van der Waals surface area contributed by atoms with Gasteiger partial charge in [0, 0.05) is 12.3 Å². The summed E-state index contributed by atoms with van der Waals surface area (Å²) in [7, 11) is 1.66. The first-order chi connectivity index (χ1) is 8.69. The molecule has 0 fully saturated rings. The van der Waals surface area contributed by atoms with Gasteiger partial charge >= 0.3 is 0 Å². The number of rotatable bonds is 4. The Morgan fingerprint density at radius 1 is 1.39 bits per heavy atom. The van der Waals surface area contributed by atoms with E-state index in [0.29, 0.717) is 0 Å². The van der Waals surface area contributed by atoms with Crippen LogP contribution in [0.3, 0.4) is 0 Å². The van der Waals surface area contributed by atoms with Crippen LogP contribution in [0.25, 0.3) is 0 Å². The average molecular weight is 266 g/mol. The van der Waals surface area contributed by atoms with Gasteiger partial charge in [-0.1, -0.05) is 23.7 Å². The molecule has 1 aliphatic heterocycles. The number of ether oxygens (including phenoxy) is 1. The Hall–Kier alpha value is -1.68. The molecule has 0 radical (unpaired) electrons. The van der Waals surface area contributed by atoms with Crippen molar-refractivity contribution in [2.24, 2.45) is 4.99 Å². The quantitative estimate of drug-likeness (QED) is 0.649. The van der Waals surface area contributed by atoms with E-state index in [9.17, 15) is 0 Å². The van der Waals surface area contributed by atoms with Gasteiger partial charge in [-0.2, -0.15) is 0 Å². The summed E-state index contributed by atoms with van der Waals surface area (Å²) < 4.78 is 5.13.